The maximum atomic E-state index is 13.3. The normalized spacial score (nSPS) is 15.5. The summed E-state index contributed by atoms with van der Waals surface area (Å²) in [6.07, 6.45) is 4.01. The van der Waals surface area contributed by atoms with Crippen LogP contribution in [0.2, 0.25) is 5.02 Å². The first kappa shape index (κ1) is 11.6. The molecule has 1 aromatic rings. The molecule has 1 heterocycles. The molecule has 1 saturated carbocycles. The molecule has 3 nitrogen and oxygen atoms in total. The molecule has 0 spiro atoms. The number of pyridine rings is 1. The van der Waals surface area contributed by atoms with E-state index < -0.39 is 5.82 Å². The summed E-state index contributed by atoms with van der Waals surface area (Å²) in [5, 5.41) is 3.29. The Balaban J connectivity index is 1.80. The lowest BCUT2D eigenvalue weighted by atomic mass is 10.4. The molecule has 1 aliphatic carbocycles. The molecule has 1 aliphatic rings. The van der Waals surface area contributed by atoms with Crippen LogP contribution in [0.15, 0.2) is 12.3 Å². The van der Waals surface area contributed by atoms with E-state index in [-0.39, 0.29) is 5.82 Å². The van der Waals surface area contributed by atoms with E-state index in [0.717, 1.165) is 12.6 Å². The van der Waals surface area contributed by atoms with Crippen LogP contribution in [0.3, 0.4) is 0 Å². The highest BCUT2D eigenvalue weighted by atomic mass is 35.5. The molecule has 0 amide bonds. The van der Waals surface area contributed by atoms with Gasteiger partial charge < -0.3 is 10.2 Å². The fourth-order valence-corrected chi connectivity index (χ4v) is 1.74. The van der Waals surface area contributed by atoms with Gasteiger partial charge in [0, 0.05) is 25.3 Å². The SMILES string of the molecule is CN(CCNc1ncc(Cl)cc1F)C1CC1. The van der Waals surface area contributed by atoms with Gasteiger partial charge in [0.2, 0.25) is 0 Å². The van der Waals surface area contributed by atoms with E-state index in [0.29, 0.717) is 11.6 Å². The van der Waals surface area contributed by atoms with Crippen molar-refractivity contribution in [3.8, 4) is 0 Å². The van der Waals surface area contributed by atoms with Crippen LogP contribution in [0.4, 0.5) is 10.2 Å². The molecule has 5 heteroatoms. The van der Waals surface area contributed by atoms with Gasteiger partial charge in [0.05, 0.1) is 5.02 Å². The summed E-state index contributed by atoms with van der Waals surface area (Å²) in [6.45, 7) is 1.59. The Labute approximate surface area is 99.6 Å². The van der Waals surface area contributed by atoms with Crippen molar-refractivity contribution in [3.05, 3.63) is 23.1 Å². The van der Waals surface area contributed by atoms with E-state index in [1.807, 2.05) is 0 Å². The molecule has 1 fully saturated rings. The lowest BCUT2D eigenvalue weighted by Crippen LogP contribution is -2.27. The lowest BCUT2D eigenvalue weighted by molar-refractivity contribution is 0.337. The van der Waals surface area contributed by atoms with Crippen LogP contribution in [0, 0.1) is 5.82 Å². The average Bonchev–Trinajstić information content (AvgIpc) is 3.04. The number of likely N-dealkylation sites (N-methyl/N-ethyl adjacent to an activating group) is 1. The predicted octanol–water partition coefficient (Wildman–Crippen LogP) is 2.38. The second kappa shape index (κ2) is 4.97. The standard InChI is InChI=1S/C11H15ClFN3/c1-16(9-2-3-9)5-4-14-11-10(13)6-8(12)7-15-11/h6-7,9H,2-5H2,1H3,(H,14,15). The lowest BCUT2D eigenvalue weighted by Gasteiger charge is -2.16. The van der Waals surface area contributed by atoms with Crippen molar-refractivity contribution in [3.63, 3.8) is 0 Å². The summed E-state index contributed by atoms with van der Waals surface area (Å²) in [6, 6.07) is 1.99. The van der Waals surface area contributed by atoms with E-state index in [2.05, 4.69) is 22.2 Å². The van der Waals surface area contributed by atoms with E-state index in [9.17, 15) is 4.39 Å². The summed E-state index contributed by atoms with van der Waals surface area (Å²) < 4.78 is 13.3. The van der Waals surface area contributed by atoms with Crippen molar-refractivity contribution in [2.75, 3.05) is 25.5 Å². The highest BCUT2D eigenvalue weighted by Gasteiger charge is 2.25. The molecule has 2 rings (SSSR count). The Morgan fingerprint density at radius 3 is 3.00 bits per heavy atom. The van der Waals surface area contributed by atoms with E-state index in [4.69, 9.17) is 11.6 Å². The first-order chi connectivity index (χ1) is 7.66. The van der Waals surface area contributed by atoms with E-state index in [1.54, 1.807) is 0 Å². The van der Waals surface area contributed by atoms with Crippen molar-refractivity contribution < 1.29 is 4.39 Å². The minimum Gasteiger partial charge on any atom is -0.366 e. The minimum absolute atomic E-state index is 0.272. The first-order valence-electron chi connectivity index (χ1n) is 5.42. The molecule has 0 unspecified atom stereocenters. The van der Waals surface area contributed by atoms with Gasteiger partial charge in [-0.2, -0.15) is 0 Å². The fourth-order valence-electron chi connectivity index (χ4n) is 1.59. The van der Waals surface area contributed by atoms with Gasteiger partial charge in [-0.3, -0.25) is 0 Å². The van der Waals surface area contributed by atoms with Crippen LogP contribution in [-0.4, -0.2) is 36.1 Å². The van der Waals surface area contributed by atoms with Crippen LogP contribution in [-0.2, 0) is 0 Å². The highest BCUT2D eigenvalue weighted by Crippen LogP contribution is 2.24. The third-order valence-electron chi connectivity index (χ3n) is 2.73. The van der Waals surface area contributed by atoms with E-state index >= 15 is 0 Å². The van der Waals surface area contributed by atoms with Crippen LogP contribution >= 0.6 is 11.6 Å². The molecular formula is C11H15ClFN3. The molecule has 0 radical (unpaired) electrons. The number of nitrogens with zero attached hydrogens (tertiary/aromatic N) is 2. The largest absolute Gasteiger partial charge is 0.366 e. The van der Waals surface area contributed by atoms with Crippen LogP contribution < -0.4 is 5.32 Å². The van der Waals surface area contributed by atoms with Crippen LogP contribution in [0.5, 0.6) is 0 Å². The Hall–Kier alpha value is -0.870. The Bertz CT molecular complexity index is 368. The number of anilines is 1. The molecule has 16 heavy (non-hydrogen) atoms. The molecule has 0 saturated heterocycles. The van der Waals surface area contributed by atoms with Crippen molar-refractivity contribution in [1.82, 2.24) is 9.88 Å². The first-order valence-corrected chi connectivity index (χ1v) is 5.80. The van der Waals surface area contributed by atoms with E-state index in [1.165, 1.54) is 25.1 Å². The second-order valence-corrected chi connectivity index (χ2v) is 4.56. The zero-order valence-corrected chi connectivity index (χ0v) is 9.97. The summed E-state index contributed by atoms with van der Waals surface area (Å²) in [5.74, 6) is -0.129. The quantitative estimate of drug-likeness (QED) is 0.861. The monoisotopic (exact) mass is 243 g/mol. The van der Waals surface area contributed by atoms with Crippen molar-refractivity contribution in [2.45, 2.75) is 18.9 Å². The molecule has 0 aromatic carbocycles. The summed E-state index contributed by atoms with van der Waals surface area (Å²) >= 11 is 5.61. The van der Waals surface area contributed by atoms with Gasteiger partial charge in [-0.1, -0.05) is 11.6 Å². The van der Waals surface area contributed by atoms with Gasteiger partial charge >= 0.3 is 0 Å². The second-order valence-electron chi connectivity index (χ2n) is 4.12. The molecule has 1 aromatic heterocycles. The number of hydrogen-bond donors (Lipinski definition) is 1. The third kappa shape index (κ3) is 3.06. The Morgan fingerprint density at radius 1 is 1.62 bits per heavy atom. The molecule has 1 N–H and O–H groups in total. The van der Waals surface area contributed by atoms with Crippen LogP contribution in [0.1, 0.15) is 12.8 Å². The number of hydrogen-bond acceptors (Lipinski definition) is 3. The maximum Gasteiger partial charge on any atom is 0.166 e. The summed E-state index contributed by atoms with van der Waals surface area (Å²) in [5.41, 5.74) is 0. The van der Waals surface area contributed by atoms with Gasteiger partial charge in [-0.15, -0.1) is 0 Å². The number of nitrogens with one attached hydrogen (secondary N) is 1. The number of rotatable bonds is 5. The molecule has 0 bridgehead atoms. The number of aromatic nitrogens is 1. The van der Waals surface area contributed by atoms with Gasteiger partial charge in [0.25, 0.3) is 0 Å². The summed E-state index contributed by atoms with van der Waals surface area (Å²) in [7, 11) is 2.09. The van der Waals surface area contributed by atoms with Gasteiger partial charge in [0.1, 0.15) is 0 Å². The molecular weight excluding hydrogens is 229 g/mol. The highest BCUT2D eigenvalue weighted by molar-refractivity contribution is 6.30. The zero-order valence-electron chi connectivity index (χ0n) is 9.21. The van der Waals surface area contributed by atoms with Crippen molar-refractivity contribution in [2.24, 2.45) is 0 Å². The van der Waals surface area contributed by atoms with Crippen molar-refractivity contribution >= 4 is 17.4 Å². The number of halogens is 2. The average molecular weight is 244 g/mol. The van der Waals surface area contributed by atoms with Crippen LogP contribution in [0.25, 0.3) is 0 Å². The predicted molar refractivity (Wildman–Crippen MR) is 63.3 cm³/mol. The minimum atomic E-state index is -0.401. The fraction of sp³-hybridized carbons (Fsp3) is 0.545. The smallest absolute Gasteiger partial charge is 0.166 e. The molecule has 0 atom stereocenters. The van der Waals surface area contributed by atoms with Gasteiger partial charge in [0.15, 0.2) is 11.6 Å². The zero-order chi connectivity index (χ0) is 11.5. The molecule has 88 valence electrons. The Kier molecular flexibility index (Phi) is 3.61. The van der Waals surface area contributed by atoms with Crippen molar-refractivity contribution in [1.29, 1.82) is 0 Å². The summed E-state index contributed by atoms with van der Waals surface area (Å²) in [4.78, 5) is 6.18. The maximum absolute atomic E-state index is 13.3. The van der Waals surface area contributed by atoms with Gasteiger partial charge in [-0.05, 0) is 26.0 Å². The third-order valence-corrected chi connectivity index (χ3v) is 2.94. The molecule has 0 aliphatic heterocycles. The Morgan fingerprint density at radius 2 is 2.38 bits per heavy atom. The topological polar surface area (TPSA) is 28.2 Å². The van der Waals surface area contributed by atoms with Gasteiger partial charge in [-0.25, -0.2) is 9.37 Å².